The summed E-state index contributed by atoms with van der Waals surface area (Å²) in [6, 6.07) is 20.0. The van der Waals surface area contributed by atoms with Crippen LogP contribution in [0.15, 0.2) is 77.9 Å². The third kappa shape index (κ3) is 6.37. The number of rotatable bonds is 9. The van der Waals surface area contributed by atoms with E-state index in [2.05, 4.69) is 10.5 Å². The molecule has 0 heterocycles. The predicted molar refractivity (Wildman–Crippen MR) is 123 cm³/mol. The van der Waals surface area contributed by atoms with Crippen LogP contribution < -0.4 is 19.6 Å². The first-order valence-corrected chi connectivity index (χ1v) is 9.82. The van der Waals surface area contributed by atoms with E-state index in [0.717, 1.165) is 11.1 Å². The number of nitrogens with zero attached hydrogens (tertiary/aromatic N) is 1. The van der Waals surface area contributed by atoms with Gasteiger partial charge in [0.25, 0.3) is 5.91 Å². The number of hydrogen-bond acceptors (Lipinski definition) is 6. The molecule has 0 aliphatic rings. The second-order valence-corrected chi connectivity index (χ2v) is 6.68. The summed E-state index contributed by atoms with van der Waals surface area (Å²) in [6.45, 7) is 0.430. The van der Waals surface area contributed by atoms with Crippen LogP contribution >= 0.6 is 0 Å². The smallest absolute Gasteiger partial charge is 0.264 e. The first-order valence-electron chi connectivity index (χ1n) is 9.82. The van der Waals surface area contributed by atoms with Gasteiger partial charge in [-0.05, 0) is 53.1 Å². The molecule has 0 fully saturated rings. The predicted octanol–water partition coefficient (Wildman–Crippen LogP) is 4.15. The van der Waals surface area contributed by atoms with Crippen molar-refractivity contribution in [3.05, 3.63) is 89.5 Å². The van der Waals surface area contributed by atoms with Gasteiger partial charge in [-0.1, -0.05) is 36.4 Å². The van der Waals surface area contributed by atoms with E-state index < -0.39 is 5.91 Å². The number of hydrazone groups is 1. The first-order chi connectivity index (χ1) is 15.6. The van der Waals surface area contributed by atoms with Crippen LogP contribution in [0.3, 0.4) is 0 Å². The van der Waals surface area contributed by atoms with Gasteiger partial charge >= 0.3 is 0 Å². The molecule has 0 unspecified atom stereocenters. The van der Waals surface area contributed by atoms with Crippen molar-refractivity contribution in [3.63, 3.8) is 0 Å². The molecule has 0 spiro atoms. The molecule has 0 radical (unpaired) electrons. The molecular weight excluding hydrogens is 408 g/mol. The Morgan fingerprint density at radius 1 is 0.938 bits per heavy atom. The number of amides is 1. The molecule has 0 aromatic heterocycles. The molecule has 32 heavy (non-hydrogen) atoms. The normalized spacial score (nSPS) is 10.9. The number of phenols is 1. The fraction of sp³-hybridized carbons (Fsp3) is 0.120. The SMILES string of the molecule is COc1cc(/C=C/C(=O)N/N=C/c2ccc(OCc3ccccc3)c(OC)c2)ccc1O. The maximum Gasteiger partial charge on any atom is 0.264 e. The average Bonchev–Trinajstić information content (AvgIpc) is 2.83. The van der Waals surface area contributed by atoms with E-state index in [1.807, 2.05) is 36.4 Å². The van der Waals surface area contributed by atoms with Crippen LogP contribution in [0.2, 0.25) is 0 Å². The highest BCUT2D eigenvalue weighted by atomic mass is 16.5. The van der Waals surface area contributed by atoms with Crippen molar-refractivity contribution >= 4 is 18.2 Å². The van der Waals surface area contributed by atoms with Gasteiger partial charge in [0.15, 0.2) is 23.0 Å². The van der Waals surface area contributed by atoms with Crippen molar-refractivity contribution in [2.45, 2.75) is 6.61 Å². The minimum atomic E-state index is -0.400. The number of carbonyl (C=O) groups is 1. The number of nitrogens with one attached hydrogen (secondary N) is 1. The van der Waals surface area contributed by atoms with E-state index >= 15 is 0 Å². The molecule has 3 aromatic carbocycles. The van der Waals surface area contributed by atoms with Gasteiger partial charge in [0, 0.05) is 6.08 Å². The van der Waals surface area contributed by atoms with Gasteiger partial charge in [-0.2, -0.15) is 5.10 Å². The van der Waals surface area contributed by atoms with Crippen LogP contribution in [-0.2, 0) is 11.4 Å². The van der Waals surface area contributed by atoms with E-state index in [9.17, 15) is 9.90 Å². The van der Waals surface area contributed by atoms with Gasteiger partial charge in [-0.15, -0.1) is 0 Å². The Hall–Kier alpha value is -4.26. The van der Waals surface area contributed by atoms with Crippen molar-refractivity contribution < 1.29 is 24.1 Å². The highest BCUT2D eigenvalue weighted by Gasteiger charge is 2.06. The molecule has 0 saturated heterocycles. The van der Waals surface area contributed by atoms with Crippen molar-refractivity contribution in [2.75, 3.05) is 14.2 Å². The summed E-state index contributed by atoms with van der Waals surface area (Å²) in [4.78, 5) is 12.0. The standard InChI is InChI=1S/C25H24N2O5/c1-30-23-14-18(8-11-21(23)28)10-13-25(29)27-26-16-20-9-12-22(24(15-20)31-2)32-17-19-6-4-3-5-7-19/h3-16,28H,17H2,1-2H3,(H,27,29)/b13-10+,26-16+. The molecule has 2 N–H and O–H groups in total. The topological polar surface area (TPSA) is 89.4 Å². The molecule has 0 aliphatic carbocycles. The third-order valence-corrected chi connectivity index (χ3v) is 4.44. The van der Waals surface area contributed by atoms with Crippen LogP contribution in [-0.4, -0.2) is 31.4 Å². The van der Waals surface area contributed by atoms with E-state index in [0.29, 0.717) is 29.4 Å². The maximum absolute atomic E-state index is 12.0. The zero-order chi connectivity index (χ0) is 22.8. The molecule has 0 aliphatic heterocycles. The highest BCUT2D eigenvalue weighted by Crippen LogP contribution is 2.28. The van der Waals surface area contributed by atoms with Gasteiger partial charge in [-0.3, -0.25) is 4.79 Å². The van der Waals surface area contributed by atoms with Gasteiger partial charge in [-0.25, -0.2) is 5.43 Å². The van der Waals surface area contributed by atoms with Crippen LogP contribution in [0.1, 0.15) is 16.7 Å². The molecule has 7 nitrogen and oxygen atoms in total. The summed E-state index contributed by atoms with van der Waals surface area (Å²) in [5, 5.41) is 13.6. The van der Waals surface area contributed by atoms with Gasteiger partial charge in [0.2, 0.25) is 0 Å². The Morgan fingerprint density at radius 3 is 2.41 bits per heavy atom. The molecule has 164 valence electrons. The van der Waals surface area contributed by atoms with Crippen LogP contribution in [0.4, 0.5) is 0 Å². The van der Waals surface area contributed by atoms with E-state index in [1.54, 1.807) is 37.5 Å². The minimum absolute atomic E-state index is 0.0330. The average molecular weight is 432 g/mol. The summed E-state index contributed by atoms with van der Waals surface area (Å²) in [7, 11) is 3.03. The fourth-order valence-corrected chi connectivity index (χ4v) is 2.80. The highest BCUT2D eigenvalue weighted by molar-refractivity contribution is 5.92. The molecule has 3 aromatic rings. The minimum Gasteiger partial charge on any atom is -0.504 e. The number of aromatic hydroxyl groups is 1. The van der Waals surface area contributed by atoms with Crippen molar-refractivity contribution in [1.29, 1.82) is 0 Å². The Kier molecular flexibility index (Phi) is 7.86. The zero-order valence-corrected chi connectivity index (χ0v) is 17.8. The Labute approximate surface area is 186 Å². The number of benzene rings is 3. The van der Waals surface area contributed by atoms with Crippen molar-refractivity contribution in [2.24, 2.45) is 5.10 Å². The monoisotopic (exact) mass is 432 g/mol. The Bertz CT molecular complexity index is 1110. The lowest BCUT2D eigenvalue weighted by atomic mass is 10.2. The molecule has 0 bridgehead atoms. The Morgan fingerprint density at radius 2 is 1.66 bits per heavy atom. The summed E-state index contributed by atoms with van der Waals surface area (Å²) >= 11 is 0. The molecule has 0 saturated carbocycles. The molecule has 0 atom stereocenters. The quantitative estimate of drug-likeness (QED) is 0.301. The zero-order valence-electron chi connectivity index (χ0n) is 17.8. The van der Waals surface area contributed by atoms with Crippen molar-refractivity contribution in [1.82, 2.24) is 5.43 Å². The third-order valence-electron chi connectivity index (χ3n) is 4.44. The molecule has 7 heteroatoms. The summed E-state index contributed by atoms with van der Waals surface area (Å²) in [5.74, 6) is 1.14. The number of phenolic OH excluding ortho intramolecular Hbond substituents is 1. The van der Waals surface area contributed by atoms with E-state index in [1.165, 1.54) is 25.5 Å². The number of ether oxygens (including phenoxy) is 3. The summed E-state index contributed by atoms with van der Waals surface area (Å²) < 4.78 is 16.3. The van der Waals surface area contributed by atoms with Crippen molar-refractivity contribution in [3.8, 4) is 23.0 Å². The van der Waals surface area contributed by atoms with Gasteiger partial charge in [0.05, 0.1) is 20.4 Å². The lowest BCUT2D eigenvalue weighted by molar-refractivity contribution is -0.116. The second-order valence-electron chi connectivity index (χ2n) is 6.68. The first kappa shape index (κ1) is 22.4. The summed E-state index contributed by atoms with van der Waals surface area (Å²) in [6.07, 6.45) is 4.44. The molecular formula is C25H24N2O5. The van der Waals surface area contributed by atoms with Gasteiger partial charge in [0.1, 0.15) is 6.61 Å². The van der Waals surface area contributed by atoms with Crippen LogP contribution in [0.25, 0.3) is 6.08 Å². The largest absolute Gasteiger partial charge is 0.504 e. The number of methoxy groups -OCH3 is 2. The lowest BCUT2D eigenvalue weighted by Gasteiger charge is -2.11. The summed E-state index contributed by atoms with van der Waals surface area (Å²) in [5.41, 5.74) is 4.93. The van der Waals surface area contributed by atoms with Gasteiger partial charge < -0.3 is 19.3 Å². The van der Waals surface area contributed by atoms with Crippen LogP contribution in [0, 0.1) is 0 Å². The lowest BCUT2D eigenvalue weighted by Crippen LogP contribution is -2.14. The maximum atomic E-state index is 12.0. The fourth-order valence-electron chi connectivity index (χ4n) is 2.80. The van der Waals surface area contributed by atoms with E-state index in [4.69, 9.17) is 14.2 Å². The second kappa shape index (κ2) is 11.2. The number of hydrogen-bond donors (Lipinski definition) is 2. The Balaban J connectivity index is 1.56. The van der Waals surface area contributed by atoms with E-state index in [-0.39, 0.29) is 5.75 Å². The molecule has 3 rings (SSSR count). The number of carbonyl (C=O) groups excluding carboxylic acids is 1. The van der Waals surface area contributed by atoms with Crippen LogP contribution in [0.5, 0.6) is 23.0 Å². The molecule has 1 amide bonds.